The number of nitrogens with one attached hydrogen (secondary N) is 1. The van der Waals surface area contributed by atoms with E-state index in [9.17, 15) is 9.90 Å². The maximum absolute atomic E-state index is 12.3. The molecule has 0 radical (unpaired) electrons. The normalized spacial score (nSPS) is 18.2. The van der Waals surface area contributed by atoms with Crippen molar-refractivity contribution in [2.24, 2.45) is 0 Å². The molecular weight excluding hydrogens is 426 g/mol. The van der Waals surface area contributed by atoms with Crippen molar-refractivity contribution in [2.75, 3.05) is 18.9 Å². The van der Waals surface area contributed by atoms with Gasteiger partial charge >= 0.3 is 0 Å². The standard InChI is InChI=1S/C21H21N9O3/c1-3-30-20(23-12-24-30)27-19-22-9-7-15(26-19)13-5-4-6-14(25-13)16-11-17(33-28-16)21(32)8-10-29(2)18(21)31/h4-7,9,11-12,32H,3,8,10H2,1-2H3,(H,22,23,24,26,27)/t21-/m1/s1. The molecule has 1 aliphatic rings. The molecule has 1 amide bonds. The predicted octanol–water partition coefficient (Wildman–Crippen LogP) is 1.60. The van der Waals surface area contributed by atoms with E-state index in [4.69, 9.17) is 4.52 Å². The van der Waals surface area contributed by atoms with Crippen molar-refractivity contribution in [3.63, 3.8) is 0 Å². The van der Waals surface area contributed by atoms with Gasteiger partial charge in [0, 0.05) is 38.8 Å². The van der Waals surface area contributed by atoms with Gasteiger partial charge in [-0.15, -0.1) is 0 Å². The molecule has 1 fully saturated rings. The van der Waals surface area contributed by atoms with Gasteiger partial charge in [0.05, 0.1) is 17.1 Å². The van der Waals surface area contributed by atoms with Crippen molar-refractivity contribution in [3.05, 3.63) is 48.6 Å². The summed E-state index contributed by atoms with van der Waals surface area (Å²) in [6.45, 7) is 3.06. The molecule has 4 aromatic rings. The quantitative estimate of drug-likeness (QED) is 0.446. The van der Waals surface area contributed by atoms with Crippen molar-refractivity contribution < 1.29 is 14.4 Å². The number of pyridine rings is 1. The van der Waals surface area contributed by atoms with Gasteiger partial charge in [0.25, 0.3) is 5.91 Å². The summed E-state index contributed by atoms with van der Waals surface area (Å²) < 4.78 is 7.02. The van der Waals surface area contributed by atoms with Crippen LogP contribution in [0.25, 0.3) is 22.8 Å². The van der Waals surface area contributed by atoms with E-state index in [1.165, 1.54) is 11.2 Å². The number of carbonyl (C=O) groups is 1. The van der Waals surface area contributed by atoms with Crippen LogP contribution in [0.3, 0.4) is 0 Å². The summed E-state index contributed by atoms with van der Waals surface area (Å²) in [6, 6.07) is 8.69. The van der Waals surface area contributed by atoms with E-state index >= 15 is 0 Å². The highest BCUT2D eigenvalue weighted by molar-refractivity contribution is 5.87. The summed E-state index contributed by atoms with van der Waals surface area (Å²) in [5.41, 5.74) is 0.403. The SMILES string of the molecule is CCn1ncnc1Nc1nccc(-c2cccc(-c3cc([C@]4(O)CCN(C)C4=O)on3)n2)n1. The molecule has 0 unspecified atom stereocenters. The zero-order chi connectivity index (χ0) is 23.0. The second-order valence-electron chi connectivity index (χ2n) is 7.61. The van der Waals surface area contributed by atoms with E-state index < -0.39 is 11.5 Å². The number of likely N-dealkylation sites (N-methyl/N-ethyl adjacent to an activating group) is 1. The summed E-state index contributed by atoms with van der Waals surface area (Å²) in [6.07, 6.45) is 3.32. The van der Waals surface area contributed by atoms with Gasteiger partial charge in [0.1, 0.15) is 12.0 Å². The van der Waals surface area contributed by atoms with Crippen LogP contribution in [0.1, 0.15) is 19.1 Å². The van der Waals surface area contributed by atoms with E-state index in [-0.39, 0.29) is 12.2 Å². The first-order chi connectivity index (χ1) is 16.0. The van der Waals surface area contributed by atoms with Crippen LogP contribution in [0.2, 0.25) is 0 Å². The molecule has 0 aromatic carbocycles. The molecule has 5 heterocycles. The number of anilines is 2. The summed E-state index contributed by atoms with van der Waals surface area (Å²) in [5, 5.41) is 22.0. The molecule has 5 rings (SSSR count). The number of carbonyl (C=O) groups excluding carboxylic acids is 1. The van der Waals surface area contributed by atoms with Crippen molar-refractivity contribution >= 4 is 17.8 Å². The first-order valence-electron chi connectivity index (χ1n) is 10.4. The lowest BCUT2D eigenvalue weighted by atomic mass is 9.98. The number of amides is 1. The molecule has 12 heteroatoms. The average molecular weight is 447 g/mol. The highest BCUT2D eigenvalue weighted by atomic mass is 16.5. The molecule has 0 aliphatic carbocycles. The highest BCUT2D eigenvalue weighted by Gasteiger charge is 2.48. The van der Waals surface area contributed by atoms with Crippen LogP contribution >= 0.6 is 0 Å². The second kappa shape index (κ2) is 8.06. The first-order valence-corrected chi connectivity index (χ1v) is 10.4. The largest absolute Gasteiger partial charge is 0.373 e. The topological polar surface area (TPSA) is 148 Å². The van der Waals surface area contributed by atoms with Crippen molar-refractivity contribution in [1.82, 2.24) is 39.8 Å². The minimum atomic E-state index is -1.70. The number of hydrogen-bond acceptors (Lipinski definition) is 10. The molecule has 33 heavy (non-hydrogen) atoms. The lowest BCUT2D eigenvalue weighted by molar-refractivity contribution is -0.144. The molecule has 0 bridgehead atoms. The Hall–Kier alpha value is -4.19. The lowest BCUT2D eigenvalue weighted by Gasteiger charge is -2.16. The Bertz CT molecular complexity index is 1320. The number of hydrogen-bond donors (Lipinski definition) is 2. The average Bonchev–Trinajstić information content (AvgIpc) is 3.57. The number of aromatic nitrogens is 7. The Morgan fingerprint density at radius 3 is 2.70 bits per heavy atom. The van der Waals surface area contributed by atoms with Crippen molar-refractivity contribution in [1.29, 1.82) is 0 Å². The van der Waals surface area contributed by atoms with Gasteiger partial charge in [-0.25, -0.2) is 19.6 Å². The fourth-order valence-electron chi connectivity index (χ4n) is 3.65. The smallest absolute Gasteiger partial charge is 0.262 e. The molecule has 1 atom stereocenters. The van der Waals surface area contributed by atoms with Gasteiger partial charge in [-0.05, 0) is 25.1 Å². The fourth-order valence-corrected chi connectivity index (χ4v) is 3.65. The fraction of sp³-hybridized carbons (Fsp3) is 0.286. The van der Waals surface area contributed by atoms with E-state index in [0.29, 0.717) is 47.8 Å². The maximum atomic E-state index is 12.3. The molecule has 0 saturated carbocycles. The lowest BCUT2D eigenvalue weighted by Crippen LogP contribution is -2.35. The van der Waals surface area contributed by atoms with Gasteiger partial charge in [-0.2, -0.15) is 10.1 Å². The number of nitrogens with zero attached hydrogens (tertiary/aromatic N) is 8. The first kappa shape index (κ1) is 20.7. The van der Waals surface area contributed by atoms with Crippen LogP contribution in [0.15, 0.2) is 47.4 Å². The third-order valence-corrected chi connectivity index (χ3v) is 5.50. The Balaban J connectivity index is 1.42. The minimum absolute atomic E-state index is 0.104. The summed E-state index contributed by atoms with van der Waals surface area (Å²) in [7, 11) is 1.64. The van der Waals surface area contributed by atoms with Crippen molar-refractivity contribution in [2.45, 2.75) is 25.5 Å². The van der Waals surface area contributed by atoms with Gasteiger partial charge in [-0.3, -0.25) is 10.1 Å². The molecule has 168 valence electrons. The zero-order valence-corrected chi connectivity index (χ0v) is 18.0. The molecule has 4 aromatic heterocycles. The molecule has 2 N–H and O–H groups in total. The Labute approximate surface area is 188 Å². The third kappa shape index (κ3) is 3.69. The highest BCUT2D eigenvalue weighted by Crippen LogP contribution is 2.34. The number of aliphatic hydroxyl groups is 1. The van der Waals surface area contributed by atoms with Crippen LogP contribution in [0.4, 0.5) is 11.9 Å². The molecule has 12 nitrogen and oxygen atoms in total. The molecular formula is C21H21N9O3. The van der Waals surface area contributed by atoms with Gasteiger partial charge in [0.2, 0.25) is 17.5 Å². The third-order valence-electron chi connectivity index (χ3n) is 5.50. The summed E-state index contributed by atoms with van der Waals surface area (Å²) in [5.74, 6) is 0.591. The monoisotopic (exact) mass is 447 g/mol. The second-order valence-corrected chi connectivity index (χ2v) is 7.61. The minimum Gasteiger partial charge on any atom is -0.373 e. The van der Waals surface area contributed by atoms with Crippen LogP contribution < -0.4 is 5.32 Å². The van der Waals surface area contributed by atoms with Crippen LogP contribution in [0, 0.1) is 0 Å². The van der Waals surface area contributed by atoms with E-state index in [2.05, 4.69) is 35.5 Å². The number of likely N-dealkylation sites (tertiary alicyclic amines) is 1. The van der Waals surface area contributed by atoms with Crippen LogP contribution in [0.5, 0.6) is 0 Å². The Morgan fingerprint density at radius 2 is 1.94 bits per heavy atom. The molecule has 0 spiro atoms. The maximum Gasteiger partial charge on any atom is 0.262 e. The summed E-state index contributed by atoms with van der Waals surface area (Å²) >= 11 is 0. The van der Waals surface area contributed by atoms with Crippen molar-refractivity contribution in [3.8, 4) is 22.8 Å². The van der Waals surface area contributed by atoms with Gasteiger partial charge in [-0.1, -0.05) is 11.2 Å². The van der Waals surface area contributed by atoms with Crippen LogP contribution in [-0.2, 0) is 16.9 Å². The van der Waals surface area contributed by atoms with E-state index in [1.54, 1.807) is 36.1 Å². The summed E-state index contributed by atoms with van der Waals surface area (Å²) in [4.78, 5) is 31.4. The number of aryl methyl sites for hydroxylation is 1. The zero-order valence-electron chi connectivity index (χ0n) is 18.0. The molecule has 1 aliphatic heterocycles. The van der Waals surface area contributed by atoms with E-state index in [0.717, 1.165) is 0 Å². The van der Waals surface area contributed by atoms with Crippen LogP contribution in [-0.4, -0.2) is 64.4 Å². The Morgan fingerprint density at radius 1 is 1.15 bits per heavy atom. The van der Waals surface area contributed by atoms with E-state index in [1.807, 2.05) is 19.1 Å². The number of rotatable bonds is 6. The predicted molar refractivity (Wildman–Crippen MR) is 116 cm³/mol. The van der Waals surface area contributed by atoms with Gasteiger partial charge in [0.15, 0.2) is 5.76 Å². The molecule has 1 saturated heterocycles. The van der Waals surface area contributed by atoms with Gasteiger partial charge < -0.3 is 14.5 Å². The Kier molecular flexibility index (Phi) is 5.05.